The van der Waals surface area contributed by atoms with Crippen LogP contribution < -0.4 is 138 Å². The molecule has 0 fully saturated rings. The van der Waals surface area contributed by atoms with Crippen LogP contribution in [-0.4, -0.2) is 163 Å². The third-order valence-electron chi connectivity index (χ3n) is 7.02. The predicted octanol–water partition coefficient (Wildman–Crippen LogP) is 2.69. The van der Waals surface area contributed by atoms with Crippen molar-refractivity contribution in [3.63, 3.8) is 0 Å². The van der Waals surface area contributed by atoms with Crippen molar-refractivity contribution in [2.24, 2.45) is 0 Å². The van der Waals surface area contributed by atoms with Crippen molar-refractivity contribution < 1.29 is 273 Å². The molecule has 98 heavy (non-hydrogen) atoms. The van der Waals surface area contributed by atoms with E-state index in [-0.39, 0.29) is 217 Å². The maximum Gasteiger partial charge on any atom is 1.00 e. The smallest absolute Gasteiger partial charge is 1.00 e. The molecule has 0 saturated heterocycles. The molecular formula is C71H139BIK2NaO22. The van der Waals surface area contributed by atoms with E-state index in [1.165, 1.54) is 91.8 Å². The van der Waals surface area contributed by atoms with Crippen molar-refractivity contribution in [3.05, 3.63) is 88.6 Å². The SMILES string of the molecule is C=CCCC(C)=O.CC(=O)OC(C)=O.O=CO[O-].[2H]C(C)(O)C([2H])([2H])CC=C.[2H]C([2H])(CC=C)C(C)=O.[2H]C([2H])(CC=C)[C@@]([2H])(C)OC(=O)CCC.[2H]C([2H])(CC=C)[C@]([2H])(C)O.[2H]C([2H])(CC=C)[C@]([2H])(C)O.[2H]C([2H])(CC=C)[C@]([2H])(C)OC(C)=O.[2H]C([2H])(CCCI)[C@]([2H])(C)OC(C)=O.[2H]C([2H])(CCCO)[C@]([2H])(C)OC(C)=O.[2H]OCC.[2H]O[2H].[2H][B-]([2H])([2H])[2H].[H-].[K+].[K+].[Na+]. The number of halogens is 1. The molecule has 22 nitrogen and oxygen atoms in total. The van der Waals surface area contributed by atoms with E-state index in [0.717, 1.165) is 45.5 Å². The van der Waals surface area contributed by atoms with Gasteiger partial charge in [-0.3, -0.25) is 33.6 Å². The molecule has 0 aliphatic rings. The molecule has 7 N–H and O–H groups in total. The van der Waals surface area contributed by atoms with Crippen molar-refractivity contribution in [3.8, 4) is 0 Å². The average Bonchev–Trinajstić information content (AvgIpc) is 0.821. The topological polar surface area (TPSA) is 365 Å². The third kappa shape index (κ3) is 226. The summed E-state index contributed by atoms with van der Waals surface area (Å²) >= 11 is 2.15. The molecule has 0 radical (unpaired) electrons. The Balaban J connectivity index is -0.0000000652. The first-order valence-electron chi connectivity index (χ1n) is 43.6. The summed E-state index contributed by atoms with van der Waals surface area (Å²) in [5.74, 6) is -3.84. The van der Waals surface area contributed by atoms with Gasteiger partial charge in [-0.05, 0) is 195 Å². The van der Waals surface area contributed by atoms with Crippen LogP contribution in [0.25, 0.3) is 0 Å². The first-order valence-corrected chi connectivity index (χ1v) is 30.0. The number of Topliss-reactive ketones (excluding diaryl/α,β-unsaturated/α-hetero) is 2. The van der Waals surface area contributed by atoms with E-state index in [2.05, 4.69) is 103 Å². The number of aliphatic hydroxyl groups is 5. The van der Waals surface area contributed by atoms with Gasteiger partial charge in [0.15, 0.2) is 0 Å². The Hall–Kier alpha value is -1.20. The summed E-state index contributed by atoms with van der Waals surface area (Å²) in [6, 6.07) is 0. The Morgan fingerprint density at radius 3 is 1.01 bits per heavy atom. The maximum atomic E-state index is 11.2. The van der Waals surface area contributed by atoms with Crippen LogP contribution in [0.4, 0.5) is 0 Å². The summed E-state index contributed by atoms with van der Waals surface area (Å²) in [7, 11) is -3.00. The molecule has 0 saturated carbocycles. The van der Waals surface area contributed by atoms with E-state index in [0.29, 0.717) is 25.9 Å². The van der Waals surface area contributed by atoms with Crippen molar-refractivity contribution in [2.75, 3.05) is 17.6 Å². The Bertz CT molecular complexity index is 2870. The zero-order valence-electron chi connectivity index (χ0n) is 93.2. The van der Waals surface area contributed by atoms with Gasteiger partial charge in [-0.2, -0.15) is 0 Å². The number of allylic oxidation sites excluding steroid dienone is 7. The molecule has 0 heterocycles. The number of alkyl halides is 1. The van der Waals surface area contributed by atoms with E-state index < -0.39 is 143 Å². The van der Waals surface area contributed by atoms with Crippen LogP contribution >= 0.6 is 22.6 Å². The summed E-state index contributed by atoms with van der Waals surface area (Å²) in [5.41, 5.74) is 2.75. The van der Waals surface area contributed by atoms with Crippen LogP contribution in [0.1, 0.15) is 285 Å². The van der Waals surface area contributed by atoms with Gasteiger partial charge in [0.2, 0.25) is 4.29 Å². The Morgan fingerprint density at radius 1 is 0.551 bits per heavy atom. The molecule has 0 aliphatic carbocycles. The van der Waals surface area contributed by atoms with Crippen LogP contribution in [0.5, 0.6) is 0 Å². The molecule has 568 valence electrons. The van der Waals surface area contributed by atoms with Crippen LogP contribution in [0.15, 0.2) is 88.6 Å². The van der Waals surface area contributed by atoms with Gasteiger partial charge in [-0.1, -0.05) is 80.3 Å². The molecule has 0 spiro atoms. The van der Waals surface area contributed by atoms with Crippen LogP contribution in [-0.2, 0) is 71.7 Å². The summed E-state index contributed by atoms with van der Waals surface area (Å²) in [5, 5.41) is 47.5. The molecule has 0 aromatic carbocycles. The van der Waals surface area contributed by atoms with Crippen molar-refractivity contribution in [1.29, 1.82) is 9.64 Å². The summed E-state index contributed by atoms with van der Waals surface area (Å²) in [4.78, 5) is 94.5. The predicted molar refractivity (Wildman–Crippen MR) is 399 cm³/mol. The number of rotatable bonds is 37. The number of hydrogen-bond acceptors (Lipinski definition) is 21. The van der Waals surface area contributed by atoms with E-state index >= 15 is 0 Å². The minimum Gasteiger partial charge on any atom is -1.00 e. The first kappa shape index (κ1) is 73.7. The number of carbonyl (C=O) groups excluding carboxylic acids is 9. The van der Waals surface area contributed by atoms with Crippen LogP contribution in [0.3, 0.4) is 0 Å². The molecule has 1 unspecified atom stereocenters. The maximum absolute atomic E-state index is 11.2. The molecule has 0 rings (SSSR count). The molecule has 0 aliphatic heterocycles. The standard InChI is InChI=1S/C10H18O2.C8H15IO2.C8H16O3.C8H14O2.3C6H12O.2C6H10O.C4H6O3.C2H6O.CH2O3.BH4.2K.Na.H2O.H/c1-4-6-8-9(3)12-10(11)7-5-2;2*1-7(11-8(2)10)5-3-4-6-9;1-4-5-6-7(2)10-8(3)9;5*1-3-4-5-6(2)7;1-3(5)7-4(2)6;1-2-3;2-1-4-3;;;;;;/h4,9H,1,5-8H2,2-3H3;7H,3-6H2,1-2H3;7,9H,3-6H2,1-2H3;4,7H,1,5-6H2,2-3H3;3*3,6-7H,1,4-5H2,2H3;2*3H,1,4-5H2,2H3;1-2H3;3H,2H2,1H3;1,3H;1H4;;;;1H2;/q;;;;;;;;;;;;-1;3*+1;;-1/p-1/t9-;3*7-;2*6-;;;;;;;;;;;;/m100000............/s1/i8D2,9D;2*5D2,7D;6D2,7D;3*5D2,6D;5D2;;;3D;;1D4;;;;;/hD2. The van der Waals surface area contributed by atoms with Gasteiger partial charge < -0.3 is 75.9 Å². The minimum atomic E-state index is -3.00. The molecule has 0 bridgehead atoms. The number of carbonyl (C=O) groups is 9. The average molecular weight is 1610 g/mol. The quantitative estimate of drug-likeness (QED) is 0.00570. The fourth-order valence-electron chi connectivity index (χ4n) is 3.71. The normalized spacial score (nSPS) is 18.4. The van der Waals surface area contributed by atoms with Crippen LogP contribution in [0, 0.1) is 0 Å². The Labute approximate surface area is 760 Å². The summed E-state index contributed by atoms with van der Waals surface area (Å²) in [6.07, 6.45) is -15.2. The van der Waals surface area contributed by atoms with Gasteiger partial charge >= 0.3 is 168 Å². The van der Waals surface area contributed by atoms with Gasteiger partial charge in [0.1, 0.15) is 11.6 Å². The van der Waals surface area contributed by atoms with Crippen molar-refractivity contribution in [1.82, 2.24) is 0 Å². The Kier molecular flexibility index (Phi) is 94.4. The van der Waals surface area contributed by atoms with E-state index in [9.17, 15) is 38.4 Å². The molecule has 0 amide bonds. The van der Waals surface area contributed by atoms with E-state index in [4.69, 9.17) is 76.4 Å². The van der Waals surface area contributed by atoms with Gasteiger partial charge in [-0.25, -0.2) is 5.34 Å². The largest absolute Gasteiger partial charge is 1.00 e. The molecular weight excluding hydrogens is 1440 g/mol. The fraction of sp³-hybridized carbons (Fsp3) is 0.676. The number of esters is 6. The van der Waals surface area contributed by atoms with E-state index in [1.54, 1.807) is 19.9 Å². The van der Waals surface area contributed by atoms with Gasteiger partial charge in [0.25, 0.3) is 6.47 Å². The molecule has 7 atom stereocenters. The van der Waals surface area contributed by atoms with Crippen LogP contribution in [0.2, 0.25) is 0 Å². The molecule has 0 aromatic rings. The summed E-state index contributed by atoms with van der Waals surface area (Å²) < 4.78 is 233. The fourth-order valence-corrected chi connectivity index (χ4v) is 4.09. The number of ether oxygens (including phenoxy) is 5. The second-order valence-electron chi connectivity index (χ2n) is 16.6. The minimum absolute atomic E-state index is 0. The summed E-state index contributed by atoms with van der Waals surface area (Å²) in [6.45, 7) is 44.3. The first-order chi connectivity index (χ1) is 55.5. The van der Waals surface area contributed by atoms with Gasteiger partial charge in [-0.15, -0.1) is 46.1 Å². The zero-order chi connectivity index (χ0) is 104. The number of aliphatic hydroxyl groups excluding tert-OH is 2. The number of hydrogen-bond donors (Lipinski definition) is 5. The van der Waals surface area contributed by atoms with Gasteiger partial charge in [0, 0.05) is 89.0 Å². The second-order valence-corrected chi connectivity index (χ2v) is 17.7. The molecule has 0 aromatic heterocycles. The van der Waals surface area contributed by atoms with E-state index in [1.807, 2.05) is 6.92 Å². The van der Waals surface area contributed by atoms with Crippen molar-refractivity contribution in [2.45, 2.75) is 294 Å². The Morgan fingerprint density at radius 2 is 0.837 bits per heavy atom. The van der Waals surface area contributed by atoms with Crippen molar-refractivity contribution >= 4 is 84.7 Å². The number of ketones is 2. The zero-order valence-corrected chi connectivity index (χ0v) is 72.6. The third-order valence-corrected chi connectivity index (χ3v) is 7.79. The second kappa shape index (κ2) is 126. The molecule has 27 heteroatoms. The van der Waals surface area contributed by atoms with Gasteiger partial charge in [0.05, 0.1) is 52.2 Å². The monoisotopic (exact) mass is 1610 g/mol.